The van der Waals surface area contributed by atoms with Crippen LogP contribution in [0.1, 0.15) is 121 Å². The van der Waals surface area contributed by atoms with E-state index in [9.17, 15) is 19.8 Å². The Bertz CT molecular complexity index is 1030. The highest BCUT2D eigenvalue weighted by Crippen LogP contribution is 2.45. The lowest BCUT2D eigenvalue weighted by Crippen LogP contribution is -2.23. The van der Waals surface area contributed by atoms with Crippen molar-refractivity contribution in [3.63, 3.8) is 0 Å². The van der Waals surface area contributed by atoms with Crippen molar-refractivity contribution in [2.45, 2.75) is 84.0 Å². The van der Waals surface area contributed by atoms with Crippen LogP contribution in [0.3, 0.4) is 0 Å². The van der Waals surface area contributed by atoms with Gasteiger partial charge in [-0.3, -0.25) is 9.59 Å². The number of fused-ring (bicyclic) bond motifs is 2. The van der Waals surface area contributed by atoms with Crippen LogP contribution in [0.15, 0.2) is 24.3 Å². The number of phenols is 2. The maximum atomic E-state index is 13.3. The zero-order chi connectivity index (χ0) is 22.8. The summed E-state index contributed by atoms with van der Waals surface area (Å²) in [6.45, 7) is 4.29. The second-order valence-electron chi connectivity index (χ2n) is 9.54. The first-order valence-corrected chi connectivity index (χ1v) is 12.3. The normalized spacial score (nSPS) is 20.2. The summed E-state index contributed by atoms with van der Waals surface area (Å²) < 4.78 is 0. The number of carbonyl (C=O) groups excluding carboxylic acids is 2. The Balaban J connectivity index is 1.64. The summed E-state index contributed by atoms with van der Waals surface area (Å²) in [7, 11) is 0. The van der Waals surface area contributed by atoms with Gasteiger partial charge in [-0.05, 0) is 73.6 Å². The van der Waals surface area contributed by atoms with E-state index in [4.69, 9.17) is 0 Å². The largest absolute Gasteiger partial charge is 0.507 e. The SMILES string of the molecule is CCCCc1ccc2c(c1O)C(=O)c1ccc([C@H]3CC[C@H](CCCC)CC3)c(O)c1C2=O. The number of ketones is 2. The van der Waals surface area contributed by atoms with E-state index in [0.29, 0.717) is 12.0 Å². The van der Waals surface area contributed by atoms with Gasteiger partial charge in [0.1, 0.15) is 11.5 Å². The molecule has 0 spiro atoms. The van der Waals surface area contributed by atoms with Crippen LogP contribution in [-0.4, -0.2) is 21.8 Å². The molecule has 0 aromatic heterocycles. The van der Waals surface area contributed by atoms with Gasteiger partial charge in [0, 0.05) is 11.1 Å². The Labute approximate surface area is 190 Å². The van der Waals surface area contributed by atoms with Crippen LogP contribution < -0.4 is 0 Å². The van der Waals surface area contributed by atoms with E-state index in [1.807, 2.05) is 6.07 Å². The number of unbranched alkanes of at least 4 members (excludes halogenated alkanes) is 2. The van der Waals surface area contributed by atoms with E-state index in [-0.39, 0.29) is 51.2 Å². The molecule has 2 aromatic carbocycles. The van der Waals surface area contributed by atoms with Gasteiger partial charge in [0.05, 0.1) is 11.1 Å². The van der Waals surface area contributed by atoms with Crippen molar-refractivity contribution in [3.05, 3.63) is 57.6 Å². The molecule has 4 nitrogen and oxygen atoms in total. The molecule has 2 aromatic rings. The summed E-state index contributed by atoms with van der Waals surface area (Å²) in [6, 6.07) is 6.86. The minimum Gasteiger partial charge on any atom is -0.507 e. The average molecular weight is 435 g/mol. The number of hydrogen-bond acceptors (Lipinski definition) is 4. The van der Waals surface area contributed by atoms with Gasteiger partial charge in [0.15, 0.2) is 11.6 Å². The van der Waals surface area contributed by atoms with Gasteiger partial charge >= 0.3 is 0 Å². The molecule has 32 heavy (non-hydrogen) atoms. The minimum atomic E-state index is -0.379. The predicted octanol–water partition coefficient (Wildman–Crippen LogP) is 6.68. The van der Waals surface area contributed by atoms with Gasteiger partial charge < -0.3 is 10.2 Å². The zero-order valence-corrected chi connectivity index (χ0v) is 19.2. The molecular formula is C28H34O4. The number of aryl methyl sites for hydroxylation is 1. The molecule has 2 aliphatic rings. The number of benzene rings is 2. The molecule has 4 heteroatoms. The van der Waals surface area contributed by atoms with Crippen LogP contribution in [0, 0.1) is 5.92 Å². The highest BCUT2D eigenvalue weighted by atomic mass is 16.3. The topological polar surface area (TPSA) is 74.6 Å². The van der Waals surface area contributed by atoms with Crippen LogP contribution in [0.2, 0.25) is 0 Å². The van der Waals surface area contributed by atoms with Gasteiger partial charge in [0.25, 0.3) is 0 Å². The minimum absolute atomic E-state index is 0.0435. The van der Waals surface area contributed by atoms with E-state index >= 15 is 0 Å². The quantitative estimate of drug-likeness (QED) is 0.435. The van der Waals surface area contributed by atoms with Crippen LogP contribution in [-0.2, 0) is 6.42 Å². The second kappa shape index (κ2) is 9.48. The van der Waals surface area contributed by atoms with Gasteiger partial charge in [0.2, 0.25) is 0 Å². The van der Waals surface area contributed by atoms with Crippen molar-refractivity contribution in [3.8, 4) is 11.5 Å². The van der Waals surface area contributed by atoms with Crippen molar-refractivity contribution >= 4 is 11.6 Å². The monoisotopic (exact) mass is 434 g/mol. The molecule has 1 fully saturated rings. The molecule has 0 unspecified atom stereocenters. The summed E-state index contributed by atoms with van der Waals surface area (Å²) in [5.74, 6) is 0.0868. The zero-order valence-electron chi connectivity index (χ0n) is 19.2. The maximum absolute atomic E-state index is 13.3. The van der Waals surface area contributed by atoms with Crippen molar-refractivity contribution < 1.29 is 19.8 Å². The predicted molar refractivity (Wildman–Crippen MR) is 126 cm³/mol. The standard InChI is InChI=1S/C28H34O4/c1-3-5-7-17-9-11-18(12-10-17)20-15-16-22-24(26(20)30)28(32)21-14-13-19(8-6-4-2)25(29)23(21)27(22)31/h13-18,29-30H,3-12H2,1-2H3/t17-,18-. The third kappa shape index (κ3) is 3.96. The molecule has 0 heterocycles. The molecule has 0 atom stereocenters. The molecule has 1 saturated carbocycles. The molecule has 0 bridgehead atoms. The first kappa shape index (κ1) is 22.6. The molecular weight excluding hydrogens is 400 g/mol. The van der Waals surface area contributed by atoms with E-state index in [1.54, 1.807) is 18.2 Å². The number of rotatable bonds is 7. The van der Waals surface area contributed by atoms with Crippen molar-refractivity contribution in [2.24, 2.45) is 5.92 Å². The highest BCUT2D eigenvalue weighted by molar-refractivity contribution is 6.30. The van der Waals surface area contributed by atoms with Gasteiger partial charge in [-0.25, -0.2) is 0 Å². The van der Waals surface area contributed by atoms with Crippen molar-refractivity contribution in [1.82, 2.24) is 0 Å². The third-order valence-electron chi connectivity index (χ3n) is 7.47. The molecule has 0 aliphatic heterocycles. The molecule has 0 saturated heterocycles. The molecule has 2 aliphatic carbocycles. The highest BCUT2D eigenvalue weighted by Gasteiger charge is 2.36. The van der Waals surface area contributed by atoms with E-state index in [2.05, 4.69) is 13.8 Å². The van der Waals surface area contributed by atoms with Gasteiger partial charge in [-0.1, -0.05) is 51.7 Å². The first-order chi connectivity index (χ1) is 15.5. The van der Waals surface area contributed by atoms with Crippen LogP contribution in [0.25, 0.3) is 0 Å². The fourth-order valence-corrected chi connectivity index (χ4v) is 5.50. The van der Waals surface area contributed by atoms with Crippen LogP contribution in [0.5, 0.6) is 11.5 Å². The smallest absolute Gasteiger partial charge is 0.198 e. The molecule has 0 amide bonds. The molecule has 2 N–H and O–H groups in total. The van der Waals surface area contributed by atoms with Crippen LogP contribution in [0.4, 0.5) is 0 Å². The first-order valence-electron chi connectivity index (χ1n) is 12.3. The number of aromatic hydroxyl groups is 2. The second-order valence-corrected chi connectivity index (χ2v) is 9.54. The maximum Gasteiger partial charge on any atom is 0.198 e. The summed E-state index contributed by atoms with van der Waals surface area (Å²) in [5, 5.41) is 21.9. The lowest BCUT2D eigenvalue weighted by Gasteiger charge is -2.30. The average Bonchev–Trinajstić information content (AvgIpc) is 2.80. The van der Waals surface area contributed by atoms with E-state index in [0.717, 1.165) is 50.0 Å². The summed E-state index contributed by atoms with van der Waals surface area (Å²) >= 11 is 0. The number of carbonyl (C=O) groups is 2. The van der Waals surface area contributed by atoms with E-state index < -0.39 is 0 Å². The molecule has 170 valence electrons. The Morgan fingerprint density at radius 3 is 2.00 bits per heavy atom. The lowest BCUT2D eigenvalue weighted by molar-refractivity contribution is 0.0973. The Hall–Kier alpha value is -2.62. The molecule has 4 rings (SSSR count). The van der Waals surface area contributed by atoms with Gasteiger partial charge in [-0.15, -0.1) is 0 Å². The Morgan fingerprint density at radius 2 is 1.38 bits per heavy atom. The Morgan fingerprint density at radius 1 is 0.781 bits per heavy atom. The Kier molecular flexibility index (Phi) is 6.68. The fraction of sp³-hybridized carbons (Fsp3) is 0.500. The lowest BCUT2D eigenvalue weighted by atomic mass is 9.74. The fourth-order valence-electron chi connectivity index (χ4n) is 5.50. The third-order valence-corrected chi connectivity index (χ3v) is 7.47. The number of phenolic OH excluding ortho intramolecular Hbond substituents is 2. The van der Waals surface area contributed by atoms with Crippen LogP contribution >= 0.6 is 0 Å². The summed E-state index contributed by atoms with van der Waals surface area (Å²) in [5.41, 5.74) is 2.05. The van der Waals surface area contributed by atoms with Crippen molar-refractivity contribution in [2.75, 3.05) is 0 Å². The van der Waals surface area contributed by atoms with Crippen molar-refractivity contribution in [1.29, 1.82) is 0 Å². The summed E-state index contributed by atoms with van der Waals surface area (Å²) in [4.78, 5) is 26.6. The molecule has 0 radical (unpaired) electrons. The van der Waals surface area contributed by atoms with E-state index in [1.165, 1.54) is 19.3 Å². The number of hydrogen-bond donors (Lipinski definition) is 2. The summed E-state index contributed by atoms with van der Waals surface area (Å²) in [6.07, 6.45) is 10.6. The van der Waals surface area contributed by atoms with Gasteiger partial charge in [-0.2, -0.15) is 0 Å².